The molecular weight excluding hydrogens is 290 g/mol. The zero-order valence-corrected chi connectivity index (χ0v) is 12.7. The summed E-state index contributed by atoms with van der Waals surface area (Å²) in [6.07, 6.45) is 1.72. The molecule has 102 valence electrons. The van der Waals surface area contributed by atoms with Gasteiger partial charge in [0.2, 0.25) is 0 Å². The second-order valence-corrected chi connectivity index (χ2v) is 6.61. The normalized spacial score (nSPS) is 10.7. The number of H-pyrrole nitrogens is 1. The Bertz CT molecular complexity index is 740. The molecule has 0 aromatic carbocycles. The summed E-state index contributed by atoms with van der Waals surface area (Å²) in [5.74, 6) is -0.0467. The van der Waals surface area contributed by atoms with Crippen LogP contribution in [0.3, 0.4) is 0 Å². The summed E-state index contributed by atoms with van der Waals surface area (Å²) in [5, 5.41) is 11.8. The number of thiophene rings is 2. The van der Waals surface area contributed by atoms with Crippen molar-refractivity contribution in [1.82, 2.24) is 10.2 Å². The van der Waals surface area contributed by atoms with Crippen LogP contribution in [0.25, 0.3) is 10.6 Å². The highest BCUT2D eigenvalue weighted by Crippen LogP contribution is 2.33. The van der Waals surface area contributed by atoms with Crippen molar-refractivity contribution >= 4 is 34.3 Å². The molecule has 0 radical (unpaired) electrons. The van der Waals surface area contributed by atoms with Crippen LogP contribution >= 0.6 is 22.7 Å². The average Bonchev–Trinajstić information content (AvgIpc) is 3.11. The number of amides is 1. The quantitative estimate of drug-likeness (QED) is 0.766. The highest BCUT2D eigenvalue weighted by atomic mass is 32.1. The Morgan fingerprint density at radius 3 is 2.85 bits per heavy atom. The van der Waals surface area contributed by atoms with Crippen molar-refractivity contribution < 1.29 is 4.79 Å². The van der Waals surface area contributed by atoms with Crippen molar-refractivity contribution in [3.05, 3.63) is 45.1 Å². The summed E-state index contributed by atoms with van der Waals surface area (Å²) in [7, 11) is 0. The molecule has 3 aromatic rings. The summed E-state index contributed by atoms with van der Waals surface area (Å²) in [6, 6.07) is 5.85. The molecule has 0 atom stereocenters. The van der Waals surface area contributed by atoms with Gasteiger partial charge < -0.3 is 5.32 Å². The van der Waals surface area contributed by atoms with Gasteiger partial charge in [-0.3, -0.25) is 9.89 Å². The molecule has 0 aliphatic rings. The third-order valence-electron chi connectivity index (χ3n) is 3.00. The molecule has 0 unspecified atom stereocenters. The highest BCUT2D eigenvalue weighted by molar-refractivity contribution is 7.16. The first-order valence-corrected chi connectivity index (χ1v) is 7.80. The zero-order valence-electron chi connectivity index (χ0n) is 11.1. The van der Waals surface area contributed by atoms with Crippen LogP contribution in [-0.4, -0.2) is 16.1 Å². The van der Waals surface area contributed by atoms with E-state index in [2.05, 4.69) is 15.5 Å². The van der Waals surface area contributed by atoms with E-state index in [0.29, 0.717) is 0 Å². The van der Waals surface area contributed by atoms with Crippen LogP contribution in [0.2, 0.25) is 0 Å². The zero-order chi connectivity index (χ0) is 14.1. The lowest BCUT2D eigenvalue weighted by molar-refractivity contribution is 0.103. The van der Waals surface area contributed by atoms with E-state index in [-0.39, 0.29) is 5.91 Å². The minimum atomic E-state index is -0.0467. The van der Waals surface area contributed by atoms with E-state index < -0.39 is 0 Å². The van der Waals surface area contributed by atoms with Crippen LogP contribution < -0.4 is 5.32 Å². The van der Waals surface area contributed by atoms with Gasteiger partial charge in [0.1, 0.15) is 0 Å². The molecule has 20 heavy (non-hydrogen) atoms. The fourth-order valence-electron chi connectivity index (χ4n) is 1.92. The molecule has 0 aliphatic heterocycles. The van der Waals surface area contributed by atoms with Gasteiger partial charge >= 0.3 is 0 Å². The van der Waals surface area contributed by atoms with Gasteiger partial charge in [-0.2, -0.15) is 5.10 Å². The third-order valence-corrected chi connectivity index (χ3v) is 5.10. The third kappa shape index (κ3) is 2.39. The summed E-state index contributed by atoms with van der Waals surface area (Å²) in [6.45, 7) is 3.95. The predicted octanol–water partition coefficient (Wildman–Crippen LogP) is 4.07. The fourth-order valence-corrected chi connectivity index (χ4v) is 3.69. The van der Waals surface area contributed by atoms with Crippen molar-refractivity contribution in [2.75, 3.05) is 5.32 Å². The van der Waals surface area contributed by atoms with Crippen LogP contribution in [0, 0.1) is 13.8 Å². The number of anilines is 1. The van der Waals surface area contributed by atoms with E-state index in [1.165, 1.54) is 11.3 Å². The van der Waals surface area contributed by atoms with Gasteiger partial charge in [0, 0.05) is 11.1 Å². The minimum Gasteiger partial charge on any atom is -0.320 e. The molecule has 0 bridgehead atoms. The van der Waals surface area contributed by atoms with E-state index in [0.717, 1.165) is 31.6 Å². The van der Waals surface area contributed by atoms with E-state index >= 15 is 0 Å². The van der Waals surface area contributed by atoms with Gasteiger partial charge in [0.15, 0.2) is 0 Å². The van der Waals surface area contributed by atoms with Gasteiger partial charge in [-0.05, 0) is 43.0 Å². The van der Waals surface area contributed by atoms with Crippen molar-refractivity contribution in [3.8, 4) is 10.6 Å². The summed E-state index contributed by atoms with van der Waals surface area (Å²) < 4.78 is 0. The van der Waals surface area contributed by atoms with E-state index in [1.807, 2.05) is 37.4 Å². The first-order valence-electron chi connectivity index (χ1n) is 6.11. The van der Waals surface area contributed by atoms with E-state index in [4.69, 9.17) is 0 Å². The van der Waals surface area contributed by atoms with Gasteiger partial charge in [-0.25, -0.2) is 0 Å². The molecule has 3 heterocycles. The molecule has 3 rings (SSSR count). The topological polar surface area (TPSA) is 57.8 Å². The van der Waals surface area contributed by atoms with E-state index in [9.17, 15) is 4.79 Å². The summed E-state index contributed by atoms with van der Waals surface area (Å²) in [5.41, 5.74) is 2.83. The lowest BCUT2D eigenvalue weighted by Gasteiger charge is -2.03. The smallest absolute Gasteiger partial charge is 0.266 e. The van der Waals surface area contributed by atoms with Crippen LogP contribution in [0.15, 0.2) is 29.8 Å². The molecule has 0 saturated heterocycles. The Hall–Kier alpha value is -1.92. The Morgan fingerprint density at radius 2 is 2.20 bits per heavy atom. The second-order valence-electron chi connectivity index (χ2n) is 4.44. The Labute approximate surface area is 124 Å². The molecule has 4 nitrogen and oxygen atoms in total. The maximum Gasteiger partial charge on any atom is 0.266 e. The largest absolute Gasteiger partial charge is 0.320 e. The molecule has 3 aromatic heterocycles. The van der Waals surface area contributed by atoms with Crippen LogP contribution in [0.4, 0.5) is 5.69 Å². The van der Waals surface area contributed by atoms with Crippen LogP contribution in [0.1, 0.15) is 20.1 Å². The van der Waals surface area contributed by atoms with Crippen LogP contribution in [-0.2, 0) is 0 Å². The molecule has 6 heteroatoms. The molecule has 0 aliphatic carbocycles. The van der Waals surface area contributed by atoms with Crippen molar-refractivity contribution in [3.63, 3.8) is 0 Å². The lowest BCUT2D eigenvalue weighted by Crippen LogP contribution is -2.11. The SMILES string of the molecule is Cc1ccsc1C(=O)Nc1cc(-c2ccn[nH]2)sc1C. The minimum absolute atomic E-state index is 0.0467. The number of nitrogens with one attached hydrogen (secondary N) is 2. The first-order chi connectivity index (χ1) is 9.65. The number of aromatic nitrogens is 2. The molecular formula is C14H13N3OS2. The summed E-state index contributed by atoms with van der Waals surface area (Å²) >= 11 is 3.10. The van der Waals surface area contributed by atoms with E-state index in [1.54, 1.807) is 17.5 Å². The van der Waals surface area contributed by atoms with Crippen molar-refractivity contribution in [1.29, 1.82) is 0 Å². The lowest BCUT2D eigenvalue weighted by atomic mass is 10.2. The molecule has 2 N–H and O–H groups in total. The first kappa shape index (κ1) is 13.1. The van der Waals surface area contributed by atoms with Gasteiger partial charge in [0.25, 0.3) is 5.91 Å². The van der Waals surface area contributed by atoms with Gasteiger partial charge in [0.05, 0.1) is 21.1 Å². The number of aromatic amines is 1. The predicted molar refractivity (Wildman–Crippen MR) is 83.6 cm³/mol. The number of hydrogen-bond donors (Lipinski definition) is 2. The molecule has 0 fully saturated rings. The highest BCUT2D eigenvalue weighted by Gasteiger charge is 2.14. The number of aryl methyl sites for hydroxylation is 2. The Balaban J connectivity index is 1.85. The fraction of sp³-hybridized carbons (Fsp3) is 0.143. The number of rotatable bonds is 3. The monoisotopic (exact) mass is 303 g/mol. The van der Waals surface area contributed by atoms with Crippen LogP contribution in [0.5, 0.6) is 0 Å². The van der Waals surface area contributed by atoms with Gasteiger partial charge in [-0.15, -0.1) is 22.7 Å². The number of nitrogens with zero attached hydrogens (tertiary/aromatic N) is 1. The maximum atomic E-state index is 12.2. The number of hydrogen-bond acceptors (Lipinski definition) is 4. The van der Waals surface area contributed by atoms with Gasteiger partial charge in [-0.1, -0.05) is 0 Å². The Morgan fingerprint density at radius 1 is 1.35 bits per heavy atom. The number of carbonyl (C=O) groups is 1. The van der Waals surface area contributed by atoms with Crippen molar-refractivity contribution in [2.24, 2.45) is 0 Å². The second kappa shape index (κ2) is 5.22. The Kier molecular flexibility index (Phi) is 3.42. The molecule has 0 spiro atoms. The standard InChI is InChI=1S/C14H13N3OS2/c1-8-4-6-19-13(8)14(18)16-11-7-12(20-9(11)2)10-3-5-15-17-10/h3-7H,1-2H3,(H,15,17)(H,16,18). The maximum absolute atomic E-state index is 12.2. The average molecular weight is 303 g/mol. The molecule has 1 amide bonds. The molecule has 0 saturated carbocycles. The summed E-state index contributed by atoms with van der Waals surface area (Å²) in [4.78, 5) is 15.1. The van der Waals surface area contributed by atoms with Crippen molar-refractivity contribution in [2.45, 2.75) is 13.8 Å². The number of carbonyl (C=O) groups excluding carboxylic acids is 1.